The first-order valence-corrected chi connectivity index (χ1v) is 14.6. The Hall–Kier alpha value is -4.69. The van der Waals surface area contributed by atoms with E-state index >= 15 is 0 Å². The quantitative estimate of drug-likeness (QED) is 0.236. The molecule has 4 aromatic rings. The molecule has 8 heteroatoms. The fraction of sp³-hybridized carbons (Fsp3) is 0.265. The second-order valence-electron chi connectivity index (χ2n) is 11.1. The molecule has 0 saturated carbocycles. The van der Waals surface area contributed by atoms with Crippen LogP contribution in [0.3, 0.4) is 0 Å². The first-order chi connectivity index (χ1) is 20.4. The van der Waals surface area contributed by atoms with Gasteiger partial charge in [-0.1, -0.05) is 48.9 Å². The Morgan fingerprint density at radius 2 is 1.74 bits per heavy atom. The Morgan fingerprint density at radius 3 is 2.45 bits per heavy atom. The normalized spacial score (nSPS) is 16.9. The lowest BCUT2D eigenvalue weighted by Crippen LogP contribution is -2.29. The lowest BCUT2D eigenvalue weighted by molar-refractivity contribution is -0.110. The van der Waals surface area contributed by atoms with Gasteiger partial charge in [-0.2, -0.15) is 5.10 Å². The molecule has 1 aromatic heterocycles. The zero-order valence-electron chi connectivity index (χ0n) is 24.1. The van der Waals surface area contributed by atoms with Gasteiger partial charge in [-0.05, 0) is 74.3 Å². The standard InChI is InChI=1S/C34H36N6O2/c1-23(25-9-5-3-6-10-25)36-33(41)26-13-16-30-29(19-26)31(34(42)38-30)32(27-20-35-39(2)22-27)37-28-14-11-24(12-15-28)21-40-17-7-4-8-18-40/h3,5-6,9-16,19-20,22-23,37H,4,7-8,17-18,21H2,1-2H3,(H,36,41)(H,38,42)/b32-31-/t23-/m1/s1. The molecule has 1 saturated heterocycles. The molecule has 6 rings (SSSR count). The van der Waals surface area contributed by atoms with Crippen molar-refractivity contribution in [2.75, 3.05) is 23.7 Å². The van der Waals surface area contributed by atoms with E-state index in [4.69, 9.17) is 0 Å². The Kier molecular flexibility index (Phi) is 7.88. The molecule has 1 fully saturated rings. The second kappa shape index (κ2) is 12.0. The molecule has 8 nitrogen and oxygen atoms in total. The molecule has 0 aliphatic carbocycles. The smallest absolute Gasteiger partial charge is 0.258 e. The number of aryl methyl sites for hydroxylation is 1. The zero-order chi connectivity index (χ0) is 29.1. The lowest BCUT2D eigenvalue weighted by Gasteiger charge is -2.26. The minimum Gasteiger partial charge on any atom is -0.354 e. The van der Waals surface area contributed by atoms with Crippen LogP contribution in [0.1, 0.15) is 64.8 Å². The lowest BCUT2D eigenvalue weighted by atomic mass is 9.99. The number of benzene rings is 3. The van der Waals surface area contributed by atoms with E-state index in [9.17, 15) is 9.59 Å². The number of anilines is 2. The number of likely N-dealkylation sites (tertiary alicyclic amines) is 1. The van der Waals surface area contributed by atoms with E-state index in [1.54, 1.807) is 29.1 Å². The molecule has 42 heavy (non-hydrogen) atoms. The maximum absolute atomic E-state index is 13.4. The van der Waals surface area contributed by atoms with Gasteiger partial charge in [-0.3, -0.25) is 19.2 Å². The summed E-state index contributed by atoms with van der Waals surface area (Å²) < 4.78 is 1.71. The molecule has 0 bridgehead atoms. The van der Waals surface area contributed by atoms with Gasteiger partial charge in [0.2, 0.25) is 0 Å². The molecule has 2 aliphatic heterocycles. The van der Waals surface area contributed by atoms with E-state index in [1.165, 1.54) is 24.8 Å². The highest BCUT2D eigenvalue weighted by Crippen LogP contribution is 2.38. The summed E-state index contributed by atoms with van der Waals surface area (Å²) in [7, 11) is 1.85. The predicted molar refractivity (Wildman–Crippen MR) is 167 cm³/mol. The highest BCUT2D eigenvalue weighted by Gasteiger charge is 2.30. The molecule has 0 radical (unpaired) electrons. The largest absolute Gasteiger partial charge is 0.354 e. The van der Waals surface area contributed by atoms with Crippen molar-refractivity contribution in [1.82, 2.24) is 20.0 Å². The van der Waals surface area contributed by atoms with E-state index in [2.05, 4.69) is 50.2 Å². The van der Waals surface area contributed by atoms with Crippen molar-refractivity contribution in [1.29, 1.82) is 0 Å². The number of nitrogens with zero attached hydrogens (tertiary/aromatic N) is 3. The van der Waals surface area contributed by atoms with Crippen LogP contribution in [0.2, 0.25) is 0 Å². The van der Waals surface area contributed by atoms with E-state index < -0.39 is 0 Å². The third-order valence-electron chi connectivity index (χ3n) is 8.00. The molecule has 1 atom stereocenters. The molecule has 214 valence electrons. The summed E-state index contributed by atoms with van der Waals surface area (Å²) in [6.45, 7) is 5.20. The van der Waals surface area contributed by atoms with Crippen molar-refractivity contribution in [3.8, 4) is 0 Å². The molecular formula is C34H36N6O2. The number of hydrogen-bond acceptors (Lipinski definition) is 5. The van der Waals surface area contributed by atoms with Crippen molar-refractivity contribution in [2.45, 2.75) is 38.8 Å². The van der Waals surface area contributed by atoms with Crippen LogP contribution < -0.4 is 16.0 Å². The fourth-order valence-corrected chi connectivity index (χ4v) is 5.70. The summed E-state index contributed by atoms with van der Waals surface area (Å²) in [4.78, 5) is 29.2. The van der Waals surface area contributed by atoms with Crippen molar-refractivity contribution in [3.63, 3.8) is 0 Å². The van der Waals surface area contributed by atoms with Gasteiger partial charge < -0.3 is 16.0 Å². The van der Waals surface area contributed by atoms with Crippen molar-refractivity contribution >= 4 is 34.5 Å². The maximum atomic E-state index is 13.4. The molecule has 3 N–H and O–H groups in total. The Bertz CT molecular complexity index is 1620. The third-order valence-corrected chi connectivity index (χ3v) is 8.00. The number of hydrogen-bond donors (Lipinski definition) is 3. The molecule has 2 aliphatic rings. The van der Waals surface area contributed by atoms with Crippen molar-refractivity contribution in [3.05, 3.63) is 113 Å². The maximum Gasteiger partial charge on any atom is 0.258 e. The van der Waals surface area contributed by atoms with Gasteiger partial charge in [0.25, 0.3) is 11.8 Å². The van der Waals surface area contributed by atoms with Crippen LogP contribution in [0.15, 0.2) is 85.2 Å². The van der Waals surface area contributed by atoms with E-state index in [-0.39, 0.29) is 17.9 Å². The van der Waals surface area contributed by atoms with Gasteiger partial charge in [-0.15, -0.1) is 0 Å². The number of piperidine rings is 1. The SMILES string of the molecule is C[C@@H](NC(=O)c1ccc2c(c1)/C(=C(/Nc1ccc(CN3CCCCC3)cc1)c1cnn(C)c1)C(=O)N2)c1ccccc1. The van der Waals surface area contributed by atoms with Crippen molar-refractivity contribution in [2.24, 2.45) is 7.05 Å². The van der Waals surface area contributed by atoms with Crippen LogP contribution in [0.25, 0.3) is 11.3 Å². The van der Waals surface area contributed by atoms with Gasteiger partial charge in [-0.25, -0.2) is 0 Å². The predicted octanol–water partition coefficient (Wildman–Crippen LogP) is 5.83. The number of aromatic nitrogens is 2. The minimum absolute atomic E-state index is 0.160. The number of carbonyl (C=O) groups excluding carboxylic acids is 2. The van der Waals surface area contributed by atoms with Gasteiger partial charge >= 0.3 is 0 Å². The van der Waals surface area contributed by atoms with Gasteiger partial charge in [0.15, 0.2) is 0 Å². The third kappa shape index (κ3) is 5.99. The van der Waals surface area contributed by atoms with Gasteiger partial charge in [0.05, 0.1) is 23.5 Å². The number of carbonyl (C=O) groups is 2. The number of amides is 2. The average molecular weight is 561 g/mol. The summed E-state index contributed by atoms with van der Waals surface area (Å²) in [5.41, 5.74) is 6.88. The van der Waals surface area contributed by atoms with Crippen LogP contribution in [-0.2, 0) is 18.4 Å². The van der Waals surface area contributed by atoms with E-state index in [0.717, 1.165) is 36.4 Å². The number of rotatable bonds is 8. The number of nitrogens with one attached hydrogen (secondary N) is 3. The molecular weight excluding hydrogens is 524 g/mol. The summed E-state index contributed by atoms with van der Waals surface area (Å²) in [5.74, 6) is -0.429. The van der Waals surface area contributed by atoms with Gasteiger partial charge in [0, 0.05) is 47.9 Å². The Balaban J connectivity index is 1.30. The Morgan fingerprint density at radius 1 is 0.976 bits per heavy atom. The van der Waals surface area contributed by atoms with E-state index in [1.807, 2.05) is 50.5 Å². The summed E-state index contributed by atoms with van der Waals surface area (Å²) >= 11 is 0. The molecule has 3 heterocycles. The minimum atomic E-state index is -0.228. The molecule has 0 spiro atoms. The van der Waals surface area contributed by atoms with Crippen LogP contribution in [0.5, 0.6) is 0 Å². The fourth-order valence-electron chi connectivity index (χ4n) is 5.70. The first-order valence-electron chi connectivity index (χ1n) is 14.6. The number of fused-ring (bicyclic) bond motifs is 1. The first kappa shape index (κ1) is 27.5. The van der Waals surface area contributed by atoms with Crippen molar-refractivity contribution < 1.29 is 9.59 Å². The van der Waals surface area contributed by atoms with E-state index in [0.29, 0.717) is 28.1 Å². The summed E-state index contributed by atoms with van der Waals surface area (Å²) in [6.07, 6.45) is 7.47. The van der Waals surface area contributed by atoms with Crippen LogP contribution in [0, 0.1) is 0 Å². The monoisotopic (exact) mass is 560 g/mol. The van der Waals surface area contributed by atoms with Gasteiger partial charge in [0.1, 0.15) is 0 Å². The summed E-state index contributed by atoms with van der Waals surface area (Å²) in [6, 6.07) is 23.4. The van der Waals surface area contributed by atoms with Crippen LogP contribution in [0.4, 0.5) is 11.4 Å². The zero-order valence-corrected chi connectivity index (χ0v) is 24.1. The highest BCUT2D eigenvalue weighted by molar-refractivity contribution is 6.37. The molecule has 3 aromatic carbocycles. The molecule has 2 amide bonds. The second-order valence-corrected chi connectivity index (χ2v) is 11.1. The van der Waals surface area contributed by atoms with Crippen LogP contribution >= 0.6 is 0 Å². The summed E-state index contributed by atoms with van der Waals surface area (Å²) in [5, 5.41) is 13.9. The Labute approximate surface area is 246 Å². The average Bonchev–Trinajstić information content (AvgIpc) is 3.59. The molecule has 0 unspecified atom stereocenters. The highest BCUT2D eigenvalue weighted by atomic mass is 16.2. The van der Waals surface area contributed by atoms with Crippen LogP contribution in [-0.4, -0.2) is 39.6 Å². The topological polar surface area (TPSA) is 91.3 Å².